The number of nitrogens with two attached hydrogens (primary N) is 1. The quantitative estimate of drug-likeness (QED) is 0.860. The van der Waals surface area contributed by atoms with Gasteiger partial charge in [0.25, 0.3) is 0 Å². The van der Waals surface area contributed by atoms with Crippen LogP contribution in [0, 0.1) is 5.92 Å². The largest absolute Gasteiger partial charge is 0.355 e. The maximum absolute atomic E-state index is 11.9. The van der Waals surface area contributed by atoms with Gasteiger partial charge in [-0.2, -0.15) is 11.3 Å². The van der Waals surface area contributed by atoms with Crippen LogP contribution in [0.3, 0.4) is 0 Å². The lowest BCUT2D eigenvalue weighted by Gasteiger charge is -2.27. The Morgan fingerprint density at radius 2 is 2.29 bits per heavy atom. The Morgan fingerprint density at radius 3 is 3.00 bits per heavy atom. The summed E-state index contributed by atoms with van der Waals surface area (Å²) in [4.78, 5) is 11.9. The van der Waals surface area contributed by atoms with Gasteiger partial charge in [0.05, 0.1) is 5.92 Å². The first kappa shape index (κ1) is 12.6. The van der Waals surface area contributed by atoms with Crippen molar-refractivity contribution in [2.75, 3.05) is 6.54 Å². The fraction of sp³-hybridized carbons (Fsp3) is 0.615. The number of nitrogens with one attached hydrogen (secondary N) is 1. The number of carbonyl (C=O) groups is 1. The van der Waals surface area contributed by atoms with Crippen LogP contribution in [-0.2, 0) is 11.2 Å². The van der Waals surface area contributed by atoms with Crippen molar-refractivity contribution in [2.45, 2.75) is 38.1 Å². The predicted molar refractivity (Wildman–Crippen MR) is 71.0 cm³/mol. The van der Waals surface area contributed by atoms with Crippen molar-refractivity contribution in [3.63, 3.8) is 0 Å². The highest BCUT2D eigenvalue weighted by Crippen LogP contribution is 2.22. The lowest BCUT2D eigenvalue weighted by Crippen LogP contribution is -2.44. The molecule has 1 aromatic rings. The molecule has 0 aliphatic heterocycles. The third-order valence-corrected chi connectivity index (χ3v) is 4.18. The average Bonchev–Trinajstić information content (AvgIpc) is 2.82. The second-order valence-corrected chi connectivity index (χ2v) is 5.51. The van der Waals surface area contributed by atoms with Crippen LogP contribution in [0.4, 0.5) is 0 Å². The minimum atomic E-state index is 0.0335. The third-order valence-electron chi connectivity index (χ3n) is 3.45. The van der Waals surface area contributed by atoms with Crippen molar-refractivity contribution < 1.29 is 4.79 Å². The molecule has 94 valence electrons. The molecular formula is C13H20N2OS. The predicted octanol–water partition coefficient (Wildman–Crippen LogP) is 1.92. The average molecular weight is 252 g/mol. The molecule has 0 saturated heterocycles. The third kappa shape index (κ3) is 3.54. The van der Waals surface area contributed by atoms with Crippen LogP contribution < -0.4 is 11.1 Å². The first-order chi connectivity index (χ1) is 8.27. The maximum atomic E-state index is 11.9. The summed E-state index contributed by atoms with van der Waals surface area (Å²) in [7, 11) is 0. The summed E-state index contributed by atoms with van der Waals surface area (Å²) in [5.74, 6) is 0.179. The van der Waals surface area contributed by atoms with Crippen molar-refractivity contribution >= 4 is 17.2 Å². The van der Waals surface area contributed by atoms with E-state index in [4.69, 9.17) is 5.73 Å². The molecule has 3 nitrogen and oxygen atoms in total. The van der Waals surface area contributed by atoms with Gasteiger partial charge in [0.15, 0.2) is 0 Å². The summed E-state index contributed by atoms with van der Waals surface area (Å²) in [5, 5.41) is 7.19. The molecule has 1 aliphatic rings. The smallest absolute Gasteiger partial charge is 0.224 e. The minimum absolute atomic E-state index is 0.0335. The van der Waals surface area contributed by atoms with Crippen LogP contribution in [0.25, 0.3) is 0 Å². The van der Waals surface area contributed by atoms with Crippen LogP contribution in [0.15, 0.2) is 16.8 Å². The molecule has 0 spiro atoms. The van der Waals surface area contributed by atoms with E-state index in [-0.39, 0.29) is 17.9 Å². The highest BCUT2D eigenvalue weighted by atomic mass is 32.1. The van der Waals surface area contributed by atoms with Gasteiger partial charge in [-0.05, 0) is 41.7 Å². The van der Waals surface area contributed by atoms with Gasteiger partial charge in [-0.1, -0.05) is 12.8 Å². The fourth-order valence-electron chi connectivity index (χ4n) is 2.38. The van der Waals surface area contributed by atoms with Crippen molar-refractivity contribution in [1.82, 2.24) is 5.32 Å². The van der Waals surface area contributed by atoms with E-state index >= 15 is 0 Å². The molecule has 0 aromatic carbocycles. The van der Waals surface area contributed by atoms with Gasteiger partial charge < -0.3 is 11.1 Å². The van der Waals surface area contributed by atoms with Crippen LogP contribution in [0.5, 0.6) is 0 Å². The van der Waals surface area contributed by atoms with Crippen molar-refractivity contribution in [2.24, 2.45) is 11.7 Å². The van der Waals surface area contributed by atoms with Gasteiger partial charge >= 0.3 is 0 Å². The molecule has 0 radical (unpaired) electrons. The van der Waals surface area contributed by atoms with Gasteiger partial charge in [0.1, 0.15) is 0 Å². The van der Waals surface area contributed by atoms with E-state index in [1.807, 2.05) is 0 Å². The molecule has 1 aliphatic carbocycles. The Hall–Kier alpha value is -0.870. The second kappa shape index (κ2) is 6.17. The number of rotatable bonds is 4. The Bertz CT molecular complexity index is 350. The summed E-state index contributed by atoms with van der Waals surface area (Å²) in [6, 6.07) is 2.16. The lowest BCUT2D eigenvalue weighted by molar-refractivity contribution is -0.126. The number of thiophene rings is 1. The zero-order chi connectivity index (χ0) is 12.1. The molecule has 3 N–H and O–H groups in total. The molecule has 1 saturated carbocycles. The summed E-state index contributed by atoms with van der Waals surface area (Å²) in [6.45, 7) is 0.721. The monoisotopic (exact) mass is 252 g/mol. The Kier molecular flexibility index (Phi) is 4.57. The molecule has 4 heteroatoms. The van der Waals surface area contributed by atoms with E-state index in [1.165, 1.54) is 12.0 Å². The molecule has 1 heterocycles. The summed E-state index contributed by atoms with van der Waals surface area (Å²) >= 11 is 1.69. The van der Waals surface area contributed by atoms with Crippen LogP contribution >= 0.6 is 11.3 Å². The standard InChI is InChI=1S/C13H20N2OS/c14-12-4-2-1-3-11(12)13(16)15-7-5-10-6-8-17-9-10/h6,8-9,11-12H,1-5,7,14H2,(H,15,16). The first-order valence-electron chi connectivity index (χ1n) is 6.32. The van der Waals surface area contributed by atoms with E-state index in [1.54, 1.807) is 11.3 Å². The highest BCUT2D eigenvalue weighted by molar-refractivity contribution is 7.07. The van der Waals surface area contributed by atoms with Crippen LogP contribution in [0.1, 0.15) is 31.2 Å². The highest BCUT2D eigenvalue weighted by Gasteiger charge is 2.27. The molecule has 1 aromatic heterocycles. The van der Waals surface area contributed by atoms with Crippen molar-refractivity contribution in [3.05, 3.63) is 22.4 Å². The molecule has 2 atom stereocenters. The minimum Gasteiger partial charge on any atom is -0.355 e. The van der Waals surface area contributed by atoms with Crippen LogP contribution in [-0.4, -0.2) is 18.5 Å². The summed E-state index contributed by atoms with van der Waals surface area (Å²) < 4.78 is 0. The topological polar surface area (TPSA) is 55.1 Å². The molecule has 2 rings (SSSR count). The summed E-state index contributed by atoms with van der Waals surface area (Å²) in [6.07, 6.45) is 5.15. The van der Waals surface area contributed by atoms with Gasteiger partial charge in [-0.3, -0.25) is 4.79 Å². The fourth-order valence-corrected chi connectivity index (χ4v) is 3.08. The Morgan fingerprint density at radius 1 is 1.47 bits per heavy atom. The molecule has 0 bridgehead atoms. The number of amides is 1. The molecule has 1 fully saturated rings. The molecular weight excluding hydrogens is 232 g/mol. The van der Waals surface area contributed by atoms with Gasteiger partial charge in [-0.15, -0.1) is 0 Å². The van der Waals surface area contributed by atoms with E-state index < -0.39 is 0 Å². The first-order valence-corrected chi connectivity index (χ1v) is 7.26. The molecule has 17 heavy (non-hydrogen) atoms. The zero-order valence-electron chi connectivity index (χ0n) is 10.0. The van der Waals surface area contributed by atoms with Crippen molar-refractivity contribution in [3.8, 4) is 0 Å². The normalized spacial score (nSPS) is 24.5. The number of carbonyl (C=O) groups excluding carboxylic acids is 1. The van der Waals surface area contributed by atoms with Crippen LogP contribution in [0.2, 0.25) is 0 Å². The SMILES string of the molecule is NC1CCCCC1C(=O)NCCc1ccsc1. The lowest BCUT2D eigenvalue weighted by atomic mass is 9.84. The molecule has 1 amide bonds. The number of hydrogen-bond donors (Lipinski definition) is 2. The Balaban J connectivity index is 1.73. The van der Waals surface area contributed by atoms with E-state index in [0.717, 1.165) is 32.2 Å². The van der Waals surface area contributed by atoms with Gasteiger partial charge in [-0.25, -0.2) is 0 Å². The van der Waals surface area contributed by atoms with E-state index in [0.29, 0.717) is 0 Å². The number of hydrogen-bond acceptors (Lipinski definition) is 3. The van der Waals surface area contributed by atoms with E-state index in [2.05, 4.69) is 22.1 Å². The van der Waals surface area contributed by atoms with E-state index in [9.17, 15) is 4.79 Å². The van der Waals surface area contributed by atoms with Crippen molar-refractivity contribution in [1.29, 1.82) is 0 Å². The Labute approximate surface area is 106 Å². The molecule has 2 unspecified atom stereocenters. The summed E-state index contributed by atoms with van der Waals surface area (Å²) in [5.41, 5.74) is 7.28. The zero-order valence-corrected chi connectivity index (χ0v) is 10.8. The maximum Gasteiger partial charge on any atom is 0.224 e. The van der Waals surface area contributed by atoms with Gasteiger partial charge in [0, 0.05) is 12.6 Å². The van der Waals surface area contributed by atoms with Gasteiger partial charge in [0.2, 0.25) is 5.91 Å². The second-order valence-electron chi connectivity index (χ2n) is 4.73.